The Morgan fingerprint density at radius 2 is 1.94 bits per heavy atom. The number of halogens is 2. The highest BCUT2D eigenvalue weighted by Crippen LogP contribution is 2.30. The number of aliphatic hydroxyl groups excluding tert-OH is 1. The maximum atomic E-state index is 13.5. The van der Waals surface area contributed by atoms with E-state index in [1.54, 1.807) is 23.9 Å². The summed E-state index contributed by atoms with van der Waals surface area (Å²) in [6.07, 6.45) is 3.60. The lowest BCUT2D eigenvalue weighted by Crippen LogP contribution is -2.31. The Hall–Kier alpha value is -4.01. The second-order valence-electron chi connectivity index (χ2n) is 8.17. The van der Waals surface area contributed by atoms with Gasteiger partial charge in [-0.2, -0.15) is 5.10 Å². The van der Waals surface area contributed by atoms with Gasteiger partial charge in [0.05, 0.1) is 23.4 Å². The number of hydrogen-bond donors (Lipinski definition) is 3. The zero-order valence-electron chi connectivity index (χ0n) is 18.7. The van der Waals surface area contributed by atoms with Crippen molar-refractivity contribution in [2.75, 3.05) is 6.61 Å². The van der Waals surface area contributed by atoms with Crippen molar-refractivity contribution < 1.29 is 14.3 Å². The molecule has 35 heavy (non-hydrogen) atoms. The number of pyridine rings is 1. The van der Waals surface area contributed by atoms with Crippen molar-refractivity contribution in [3.05, 3.63) is 95.2 Å². The number of carbonyl (C=O) groups is 1. The minimum absolute atomic E-state index is 0.0778. The molecule has 0 aliphatic rings. The van der Waals surface area contributed by atoms with E-state index in [-0.39, 0.29) is 11.6 Å². The van der Waals surface area contributed by atoms with Crippen molar-refractivity contribution in [1.82, 2.24) is 25.1 Å². The van der Waals surface area contributed by atoms with E-state index >= 15 is 0 Å². The number of amides is 1. The number of aryl methyl sites for hydroxylation is 1. The molecule has 3 aromatic heterocycles. The Morgan fingerprint density at radius 3 is 2.69 bits per heavy atom. The molecule has 7 nitrogen and oxygen atoms in total. The molecule has 0 saturated heterocycles. The van der Waals surface area contributed by atoms with Crippen LogP contribution in [0.3, 0.4) is 0 Å². The van der Waals surface area contributed by atoms with E-state index in [9.17, 15) is 14.3 Å². The molecule has 0 radical (unpaired) electrons. The van der Waals surface area contributed by atoms with Gasteiger partial charge in [0.15, 0.2) is 5.65 Å². The van der Waals surface area contributed by atoms with E-state index in [1.165, 1.54) is 18.2 Å². The minimum Gasteiger partial charge on any atom is -0.394 e. The molecular weight excluding hydrogens is 469 g/mol. The lowest BCUT2D eigenvalue weighted by Gasteiger charge is -2.17. The summed E-state index contributed by atoms with van der Waals surface area (Å²) >= 11 is 5.86. The molecule has 5 rings (SSSR count). The molecule has 0 aliphatic carbocycles. The van der Waals surface area contributed by atoms with Gasteiger partial charge in [-0.25, -0.2) is 9.37 Å². The van der Waals surface area contributed by atoms with E-state index in [0.717, 1.165) is 27.8 Å². The van der Waals surface area contributed by atoms with Crippen LogP contribution in [-0.4, -0.2) is 37.4 Å². The smallest absolute Gasteiger partial charge is 0.268 e. The first-order valence-corrected chi connectivity index (χ1v) is 11.3. The largest absolute Gasteiger partial charge is 0.394 e. The van der Waals surface area contributed by atoms with Crippen molar-refractivity contribution >= 4 is 28.5 Å². The van der Waals surface area contributed by atoms with E-state index in [2.05, 4.69) is 20.5 Å². The van der Waals surface area contributed by atoms with Gasteiger partial charge in [-0.05, 0) is 35.4 Å². The summed E-state index contributed by atoms with van der Waals surface area (Å²) in [4.78, 5) is 17.5. The van der Waals surface area contributed by atoms with Gasteiger partial charge in [-0.1, -0.05) is 48.0 Å². The highest BCUT2D eigenvalue weighted by atomic mass is 35.5. The molecule has 0 saturated carbocycles. The monoisotopic (exact) mass is 489 g/mol. The third-order valence-corrected chi connectivity index (χ3v) is 6.17. The standard InChI is InChI=1S/C26H21ClFN5O2/c1-33-13-18(11-23(33)26(35)30-22(14-34)16-7-8-21(28)20(27)10-16)24-19-9-17(12-29-25(19)32-31-24)15-5-3-2-4-6-15/h2-13,22,34H,14H2,1H3,(H,30,35)(H,29,31,32). The van der Waals surface area contributed by atoms with E-state index in [1.807, 2.05) is 42.6 Å². The SMILES string of the molecule is Cn1cc(-c2[nH]nc3ncc(-c4ccccc4)cc23)cc1C(=O)NC(CO)c1ccc(F)c(Cl)c1. The van der Waals surface area contributed by atoms with Gasteiger partial charge in [0.2, 0.25) is 0 Å². The molecule has 2 aromatic carbocycles. The Morgan fingerprint density at radius 1 is 1.14 bits per heavy atom. The first-order chi connectivity index (χ1) is 16.9. The van der Waals surface area contributed by atoms with Gasteiger partial charge in [0, 0.05) is 36.0 Å². The lowest BCUT2D eigenvalue weighted by atomic mass is 10.1. The number of benzene rings is 2. The number of nitrogens with one attached hydrogen (secondary N) is 2. The Kier molecular flexibility index (Phi) is 6.07. The number of hydrogen-bond acceptors (Lipinski definition) is 4. The van der Waals surface area contributed by atoms with Crippen molar-refractivity contribution in [2.45, 2.75) is 6.04 Å². The van der Waals surface area contributed by atoms with Gasteiger partial charge in [0.1, 0.15) is 11.5 Å². The second-order valence-corrected chi connectivity index (χ2v) is 8.57. The van der Waals surface area contributed by atoms with Gasteiger partial charge < -0.3 is 15.0 Å². The van der Waals surface area contributed by atoms with Crippen molar-refractivity contribution in [1.29, 1.82) is 0 Å². The van der Waals surface area contributed by atoms with Crippen LogP contribution in [0.25, 0.3) is 33.4 Å². The van der Waals surface area contributed by atoms with Crippen LogP contribution in [0.4, 0.5) is 4.39 Å². The molecule has 0 fully saturated rings. The molecule has 0 aliphatic heterocycles. The van der Waals surface area contributed by atoms with Crippen LogP contribution in [0.15, 0.2) is 73.1 Å². The van der Waals surface area contributed by atoms with Crippen LogP contribution >= 0.6 is 11.6 Å². The zero-order chi connectivity index (χ0) is 24.5. The molecule has 3 heterocycles. The topological polar surface area (TPSA) is 95.8 Å². The summed E-state index contributed by atoms with van der Waals surface area (Å²) in [7, 11) is 1.76. The Balaban J connectivity index is 1.45. The highest BCUT2D eigenvalue weighted by molar-refractivity contribution is 6.30. The molecule has 1 atom stereocenters. The first kappa shape index (κ1) is 22.8. The predicted molar refractivity (Wildman–Crippen MR) is 132 cm³/mol. The average molecular weight is 490 g/mol. The molecule has 1 unspecified atom stereocenters. The van der Waals surface area contributed by atoms with E-state index in [0.29, 0.717) is 16.9 Å². The summed E-state index contributed by atoms with van der Waals surface area (Å²) in [5.74, 6) is -0.965. The molecule has 176 valence electrons. The fraction of sp³-hybridized carbons (Fsp3) is 0.115. The quantitative estimate of drug-likeness (QED) is 0.316. The molecule has 9 heteroatoms. The first-order valence-electron chi connectivity index (χ1n) is 10.9. The van der Waals surface area contributed by atoms with Crippen molar-refractivity contribution in [3.63, 3.8) is 0 Å². The third kappa shape index (κ3) is 4.41. The Labute approximate surface area is 205 Å². The number of fused-ring (bicyclic) bond motifs is 1. The van der Waals surface area contributed by atoms with Crippen LogP contribution < -0.4 is 5.32 Å². The van der Waals surface area contributed by atoms with Gasteiger partial charge in [0.25, 0.3) is 5.91 Å². The summed E-state index contributed by atoms with van der Waals surface area (Å²) in [5.41, 5.74) is 4.95. The van der Waals surface area contributed by atoms with E-state index < -0.39 is 17.8 Å². The van der Waals surface area contributed by atoms with Gasteiger partial charge in [-0.15, -0.1) is 0 Å². The maximum Gasteiger partial charge on any atom is 0.268 e. The highest BCUT2D eigenvalue weighted by Gasteiger charge is 2.20. The van der Waals surface area contributed by atoms with Crippen LogP contribution in [0, 0.1) is 5.82 Å². The normalized spacial score (nSPS) is 12.1. The maximum absolute atomic E-state index is 13.5. The number of nitrogens with zero attached hydrogens (tertiary/aromatic N) is 3. The van der Waals surface area contributed by atoms with Gasteiger partial charge in [-0.3, -0.25) is 9.89 Å². The van der Waals surface area contributed by atoms with Crippen molar-refractivity contribution in [2.24, 2.45) is 7.05 Å². The summed E-state index contributed by atoms with van der Waals surface area (Å²) < 4.78 is 15.2. The molecule has 0 spiro atoms. The molecule has 1 amide bonds. The predicted octanol–water partition coefficient (Wildman–Crippen LogP) is 4.89. The minimum atomic E-state index is -0.746. The Bertz CT molecular complexity index is 1530. The van der Waals surface area contributed by atoms with Crippen LogP contribution in [-0.2, 0) is 7.05 Å². The molecule has 3 N–H and O–H groups in total. The van der Waals surface area contributed by atoms with Crippen LogP contribution in [0.2, 0.25) is 5.02 Å². The van der Waals surface area contributed by atoms with Crippen LogP contribution in [0.5, 0.6) is 0 Å². The number of rotatable bonds is 6. The fourth-order valence-electron chi connectivity index (χ4n) is 4.03. The van der Waals surface area contributed by atoms with Crippen LogP contribution in [0.1, 0.15) is 22.1 Å². The molecule has 0 bridgehead atoms. The number of H-pyrrole nitrogens is 1. The molecule has 5 aromatic rings. The summed E-state index contributed by atoms with van der Waals surface area (Å²) in [5, 5.41) is 20.7. The number of aromatic amines is 1. The molecular formula is C26H21ClFN5O2. The van der Waals surface area contributed by atoms with E-state index in [4.69, 9.17) is 11.6 Å². The van der Waals surface area contributed by atoms with Gasteiger partial charge >= 0.3 is 0 Å². The summed E-state index contributed by atoms with van der Waals surface area (Å²) in [6.45, 7) is -0.371. The zero-order valence-corrected chi connectivity index (χ0v) is 19.4. The lowest BCUT2D eigenvalue weighted by molar-refractivity contribution is 0.0908. The van der Waals surface area contributed by atoms with Crippen molar-refractivity contribution in [3.8, 4) is 22.4 Å². The fourth-order valence-corrected chi connectivity index (χ4v) is 4.22. The summed E-state index contributed by atoms with van der Waals surface area (Å²) in [6, 6.07) is 17.0. The number of aliphatic hydroxyl groups is 1. The average Bonchev–Trinajstić information content (AvgIpc) is 3.47. The second kappa shape index (κ2) is 9.32. The number of carbonyl (C=O) groups excluding carboxylic acids is 1. The third-order valence-electron chi connectivity index (χ3n) is 5.88. The number of aromatic nitrogens is 4.